The topological polar surface area (TPSA) is 72.2 Å². The van der Waals surface area contributed by atoms with E-state index in [9.17, 15) is 9.59 Å². The molecular weight excluding hydrogens is 184 g/mol. The average Bonchev–Trinajstić information content (AvgIpc) is 1.96. The molecule has 0 radical (unpaired) electrons. The molecule has 1 heterocycles. The molecule has 0 aliphatic heterocycles. The van der Waals surface area contributed by atoms with Crippen LogP contribution in [0.1, 0.15) is 0 Å². The highest BCUT2D eigenvalue weighted by atomic mass is 35.5. The first-order valence-electron chi connectivity index (χ1n) is 3.03. The van der Waals surface area contributed by atoms with Crippen molar-refractivity contribution in [2.24, 2.45) is 0 Å². The fourth-order valence-electron chi connectivity index (χ4n) is 0.687. The lowest BCUT2D eigenvalue weighted by molar-refractivity contribution is -0.137. The van der Waals surface area contributed by atoms with Crippen molar-refractivity contribution in [3.63, 3.8) is 0 Å². The Labute approximate surface area is 72.2 Å². The largest absolute Gasteiger partial charge is 0.480 e. The zero-order valence-electron chi connectivity index (χ0n) is 5.90. The van der Waals surface area contributed by atoms with Gasteiger partial charge in [-0.3, -0.25) is 9.36 Å². The highest BCUT2D eigenvalue weighted by Gasteiger charge is 2.02. The van der Waals surface area contributed by atoms with E-state index in [1.54, 1.807) is 0 Å². The van der Waals surface area contributed by atoms with Crippen molar-refractivity contribution in [2.45, 2.75) is 6.54 Å². The van der Waals surface area contributed by atoms with E-state index in [0.717, 1.165) is 4.57 Å². The summed E-state index contributed by atoms with van der Waals surface area (Å²) in [6, 6.07) is 0. The Hall–Kier alpha value is -1.36. The van der Waals surface area contributed by atoms with Gasteiger partial charge in [0.15, 0.2) is 0 Å². The molecule has 12 heavy (non-hydrogen) atoms. The van der Waals surface area contributed by atoms with E-state index >= 15 is 0 Å². The van der Waals surface area contributed by atoms with Crippen LogP contribution in [-0.2, 0) is 11.3 Å². The van der Waals surface area contributed by atoms with Crippen molar-refractivity contribution in [1.29, 1.82) is 0 Å². The Morgan fingerprint density at radius 3 is 3.00 bits per heavy atom. The van der Waals surface area contributed by atoms with Crippen LogP contribution in [0.25, 0.3) is 0 Å². The summed E-state index contributed by atoms with van der Waals surface area (Å²) in [5.41, 5.74) is -0.623. The Morgan fingerprint density at radius 2 is 2.42 bits per heavy atom. The van der Waals surface area contributed by atoms with Crippen LogP contribution < -0.4 is 5.69 Å². The summed E-state index contributed by atoms with van der Waals surface area (Å²) < 4.78 is 0.921. The third-order valence-corrected chi connectivity index (χ3v) is 1.32. The highest BCUT2D eigenvalue weighted by Crippen LogP contribution is 2.00. The Kier molecular flexibility index (Phi) is 2.44. The lowest BCUT2D eigenvalue weighted by Crippen LogP contribution is -2.25. The Morgan fingerprint density at radius 1 is 1.75 bits per heavy atom. The summed E-state index contributed by atoms with van der Waals surface area (Å²) in [7, 11) is 0. The number of hydrogen-bond donors (Lipinski definition) is 1. The molecule has 1 N–H and O–H groups in total. The van der Waals surface area contributed by atoms with E-state index in [4.69, 9.17) is 16.7 Å². The number of nitrogens with zero attached hydrogens (tertiary/aromatic N) is 2. The van der Waals surface area contributed by atoms with Crippen molar-refractivity contribution in [3.05, 3.63) is 27.9 Å². The lowest BCUT2D eigenvalue weighted by Gasteiger charge is -1.99. The molecule has 0 aliphatic carbocycles. The van der Waals surface area contributed by atoms with Gasteiger partial charge in [0.2, 0.25) is 0 Å². The van der Waals surface area contributed by atoms with Gasteiger partial charge in [0, 0.05) is 6.20 Å². The second-order valence-corrected chi connectivity index (χ2v) is 2.51. The van der Waals surface area contributed by atoms with Gasteiger partial charge in [-0.25, -0.2) is 9.78 Å². The minimum absolute atomic E-state index is 0.232. The van der Waals surface area contributed by atoms with Gasteiger partial charge in [0.1, 0.15) is 6.54 Å². The molecule has 0 bridgehead atoms. The molecule has 0 saturated heterocycles. The minimum atomic E-state index is -1.11. The van der Waals surface area contributed by atoms with Crippen molar-refractivity contribution in [3.8, 4) is 0 Å². The quantitative estimate of drug-likeness (QED) is 0.708. The molecule has 0 spiro atoms. The lowest BCUT2D eigenvalue weighted by atomic mass is 10.6. The normalized spacial score (nSPS) is 9.75. The molecule has 0 atom stereocenters. The molecule has 1 aromatic rings. The van der Waals surface area contributed by atoms with Crippen LogP contribution in [0.4, 0.5) is 0 Å². The number of aliphatic carboxylic acids is 1. The van der Waals surface area contributed by atoms with E-state index in [-0.39, 0.29) is 5.02 Å². The summed E-state index contributed by atoms with van der Waals surface area (Å²) in [6.07, 6.45) is 2.40. The summed E-state index contributed by atoms with van der Waals surface area (Å²) in [5.74, 6) is -1.11. The van der Waals surface area contributed by atoms with Gasteiger partial charge in [-0.1, -0.05) is 11.6 Å². The van der Waals surface area contributed by atoms with Crippen LogP contribution in [0, 0.1) is 0 Å². The molecule has 0 unspecified atom stereocenters. The maximum absolute atomic E-state index is 10.8. The maximum atomic E-state index is 10.8. The molecule has 6 heteroatoms. The van der Waals surface area contributed by atoms with E-state index < -0.39 is 18.2 Å². The van der Waals surface area contributed by atoms with Crippen LogP contribution >= 0.6 is 11.6 Å². The minimum Gasteiger partial charge on any atom is -0.480 e. The fourth-order valence-corrected chi connectivity index (χ4v) is 0.854. The molecular formula is C6H5ClN2O3. The third kappa shape index (κ3) is 2.06. The molecule has 0 saturated carbocycles. The fraction of sp³-hybridized carbons (Fsp3) is 0.167. The SMILES string of the molecule is O=C(O)Cn1cc(Cl)cnc1=O. The number of halogens is 1. The predicted molar refractivity (Wildman–Crippen MR) is 41.1 cm³/mol. The van der Waals surface area contributed by atoms with Gasteiger partial charge in [-0.05, 0) is 0 Å². The molecule has 0 aromatic carbocycles. The van der Waals surface area contributed by atoms with Crippen molar-refractivity contribution >= 4 is 17.6 Å². The second-order valence-electron chi connectivity index (χ2n) is 2.08. The number of carboxylic acid groups (broad SMARTS) is 1. The Balaban J connectivity index is 3.06. The molecule has 1 rings (SSSR count). The van der Waals surface area contributed by atoms with Gasteiger partial charge in [-0.15, -0.1) is 0 Å². The van der Waals surface area contributed by atoms with E-state index in [1.165, 1.54) is 12.4 Å². The number of rotatable bonds is 2. The number of carbonyl (C=O) groups is 1. The number of hydrogen-bond acceptors (Lipinski definition) is 3. The van der Waals surface area contributed by atoms with Gasteiger partial charge < -0.3 is 5.11 Å². The highest BCUT2D eigenvalue weighted by molar-refractivity contribution is 6.30. The average molecular weight is 189 g/mol. The molecule has 0 fully saturated rings. The summed E-state index contributed by atoms with van der Waals surface area (Å²) in [6.45, 7) is -0.424. The van der Waals surface area contributed by atoms with Crippen LogP contribution in [0.15, 0.2) is 17.2 Å². The van der Waals surface area contributed by atoms with Gasteiger partial charge in [-0.2, -0.15) is 0 Å². The number of carboxylic acids is 1. The maximum Gasteiger partial charge on any atom is 0.348 e. The van der Waals surface area contributed by atoms with Crippen LogP contribution in [-0.4, -0.2) is 20.6 Å². The van der Waals surface area contributed by atoms with Gasteiger partial charge >= 0.3 is 11.7 Å². The van der Waals surface area contributed by atoms with Crippen LogP contribution in [0.5, 0.6) is 0 Å². The zero-order chi connectivity index (χ0) is 9.14. The van der Waals surface area contributed by atoms with Crippen molar-refractivity contribution in [1.82, 2.24) is 9.55 Å². The van der Waals surface area contributed by atoms with E-state index in [1.807, 2.05) is 0 Å². The molecule has 5 nitrogen and oxygen atoms in total. The van der Waals surface area contributed by atoms with E-state index in [0.29, 0.717) is 0 Å². The number of aromatic nitrogens is 2. The van der Waals surface area contributed by atoms with Gasteiger partial charge in [0.05, 0.1) is 11.2 Å². The molecule has 64 valence electrons. The summed E-state index contributed by atoms with van der Waals surface area (Å²) in [5, 5.41) is 8.58. The monoisotopic (exact) mass is 188 g/mol. The standard InChI is InChI=1S/C6H5ClN2O3/c7-4-1-8-6(12)9(2-4)3-5(10)11/h1-2H,3H2,(H,10,11). The van der Waals surface area contributed by atoms with Crippen LogP contribution in [0.3, 0.4) is 0 Å². The molecule has 1 aromatic heterocycles. The predicted octanol–water partition coefficient (Wildman–Crippen LogP) is -0.0187. The zero-order valence-corrected chi connectivity index (χ0v) is 6.65. The summed E-state index contributed by atoms with van der Waals surface area (Å²) >= 11 is 5.49. The van der Waals surface area contributed by atoms with Crippen molar-refractivity contribution in [2.75, 3.05) is 0 Å². The third-order valence-electron chi connectivity index (χ3n) is 1.13. The van der Waals surface area contributed by atoms with E-state index in [2.05, 4.69) is 4.98 Å². The second kappa shape index (κ2) is 3.36. The first kappa shape index (κ1) is 8.73. The van der Waals surface area contributed by atoms with Crippen LogP contribution in [0.2, 0.25) is 5.02 Å². The summed E-state index contributed by atoms with van der Waals surface area (Å²) in [4.78, 5) is 24.4. The van der Waals surface area contributed by atoms with Gasteiger partial charge in [0.25, 0.3) is 0 Å². The first-order chi connectivity index (χ1) is 5.59. The smallest absolute Gasteiger partial charge is 0.348 e. The molecule has 0 aliphatic rings. The Bertz CT molecular complexity index is 360. The molecule has 0 amide bonds. The first-order valence-corrected chi connectivity index (χ1v) is 3.41. The van der Waals surface area contributed by atoms with Crippen molar-refractivity contribution < 1.29 is 9.90 Å².